The monoisotopic (exact) mass is 370 g/mol. The molecule has 4 nitrogen and oxygen atoms in total. The SMILES string of the molecule is CC(C)Oc1ccc(C(=O)Cc2ccc(OC(C)C)cc2OC(C)C)cc1. The first kappa shape index (κ1) is 20.8. The zero-order valence-corrected chi connectivity index (χ0v) is 17.1. The molecule has 0 aliphatic carbocycles. The van der Waals surface area contributed by atoms with Crippen molar-refractivity contribution in [3.63, 3.8) is 0 Å². The molecule has 2 rings (SSSR count). The van der Waals surface area contributed by atoms with Crippen LogP contribution < -0.4 is 14.2 Å². The summed E-state index contributed by atoms with van der Waals surface area (Å²) in [7, 11) is 0. The van der Waals surface area contributed by atoms with Crippen LogP contribution in [0.25, 0.3) is 0 Å². The summed E-state index contributed by atoms with van der Waals surface area (Å²) < 4.78 is 17.3. The van der Waals surface area contributed by atoms with Crippen molar-refractivity contribution in [3.05, 3.63) is 53.6 Å². The van der Waals surface area contributed by atoms with E-state index in [9.17, 15) is 4.79 Å². The van der Waals surface area contributed by atoms with E-state index in [1.807, 2.05) is 71.9 Å². The number of benzene rings is 2. The van der Waals surface area contributed by atoms with E-state index in [1.165, 1.54) is 0 Å². The van der Waals surface area contributed by atoms with Crippen molar-refractivity contribution < 1.29 is 19.0 Å². The van der Waals surface area contributed by atoms with Crippen LogP contribution in [0.3, 0.4) is 0 Å². The van der Waals surface area contributed by atoms with Gasteiger partial charge < -0.3 is 14.2 Å². The molecule has 146 valence electrons. The van der Waals surface area contributed by atoms with Gasteiger partial charge in [-0.2, -0.15) is 0 Å². The summed E-state index contributed by atoms with van der Waals surface area (Å²) in [5.41, 5.74) is 1.51. The molecule has 0 fully saturated rings. The lowest BCUT2D eigenvalue weighted by Gasteiger charge is -2.17. The smallest absolute Gasteiger partial charge is 0.167 e. The number of carbonyl (C=O) groups is 1. The van der Waals surface area contributed by atoms with Gasteiger partial charge in [-0.25, -0.2) is 0 Å². The van der Waals surface area contributed by atoms with E-state index in [-0.39, 0.29) is 30.5 Å². The summed E-state index contributed by atoms with van der Waals surface area (Å²) in [4.78, 5) is 12.7. The Hall–Kier alpha value is -2.49. The highest BCUT2D eigenvalue weighted by Gasteiger charge is 2.14. The highest BCUT2D eigenvalue weighted by Crippen LogP contribution is 2.28. The third-order valence-corrected chi connectivity index (χ3v) is 3.67. The van der Waals surface area contributed by atoms with Gasteiger partial charge in [-0.05, 0) is 71.9 Å². The van der Waals surface area contributed by atoms with Crippen LogP contribution in [0.15, 0.2) is 42.5 Å². The zero-order valence-electron chi connectivity index (χ0n) is 17.1. The summed E-state index contributed by atoms with van der Waals surface area (Å²) in [5.74, 6) is 2.24. The molecular weight excluding hydrogens is 340 g/mol. The Morgan fingerprint density at radius 2 is 1.26 bits per heavy atom. The van der Waals surface area contributed by atoms with Gasteiger partial charge in [0.25, 0.3) is 0 Å². The van der Waals surface area contributed by atoms with E-state index in [0.29, 0.717) is 11.3 Å². The first-order valence-corrected chi connectivity index (χ1v) is 9.50. The maximum absolute atomic E-state index is 12.7. The second kappa shape index (κ2) is 9.45. The lowest BCUT2D eigenvalue weighted by Crippen LogP contribution is -2.12. The van der Waals surface area contributed by atoms with Crippen LogP contribution in [0, 0.1) is 0 Å². The molecule has 0 amide bonds. The van der Waals surface area contributed by atoms with E-state index >= 15 is 0 Å². The van der Waals surface area contributed by atoms with Crippen LogP contribution >= 0.6 is 0 Å². The summed E-state index contributed by atoms with van der Waals surface area (Å²) >= 11 is 0. The average Bonchev–Trinajstić information content (AvgIpc) is 2.56. The molecule has 2 aromatic carbocycles. The third kappa shape index (κ3) is 6.63. The summed E-state index contributed by atoms with van der Waals surface area (Å²) in [6.07, 6.45) is 0.472. The predicted molar refractivity (Wildman–Crippen MR) is 108 cm³/mol. The number of ether oxygens (including phenoxy) is 3. The number of Topliss-reactive ketones (excluding diaryl/α,β-unsaturated/α-hetero) is 1. The molecule has 0 aliphatic heterocycles. The quantitative estimate of drug-likeness (QED) is 0.549. The number of rotatable bonds is 9. The van der Waals surface area contributed by atoms with E-state index in [0.717, 1.165) is 17.1 Å². The van der Waals surface area contributed by atoms with Gasteiger partial charge in [0.2, 0.25) is 0 Å². The first-order chi connectivity index (χ1) is 12.7. The van der Waals surface area contributed by atoms with E-state index in [2.05, 4.69) is 0 Å². The molecule has 0 spiro atoms. The second-order valence-corrected chi connectivity index (χ2v) is 7.39. The minimum atomic E-state index is 0.0145. The van der Waals surface area contributed by atoms with Crippen LogP contribution in [0.5, 0.6) is 17.2 Å². The van der Waals surface area contributed by atoms with Gasteiger partial charge in [0.05, 0.1) is 18.3 Å². The van der Waals surface area contributed by atoms with Crippen molar-refractivity contribution in [2.75, 3.05) is 0 Å². The fraction of sp³-hybridized carbons (Fsp3) is 0.435. The van der Waals surface area contributed by atoms with Gasteiger partial charge >= 0.3 is 0 Å². The standard InChI is InChI=1S/C23H30O4/c1-15(2)25-20-10-7-18(8-11-20)22(24)13-19-9-12-21(26-16(3)4)14-23(19)27-17(5)6/h7-12,14-17H,13H2,1-6H3. The molecule has 0 unspecified atom stereocenters. The van der Waals surface area contributed by atoms with Crippen molar-refractivity contribution in [1.29, 1.82) is 0 Å². The van der Waals surface area contributed by atoms with E-state index in [1.54, 1.807) is 12.1 Å². The molecule has 4 heteroatoms. The Labute approximate surface area is 162 Å². The minimum Gasteiger partial charge on any atom is -0.491 e. The molecule has 0 saturated carbocycles. The molecule has 0 saturated heterocycles. The molecular formula is C23H30O4. The Kier molecular flexibility index (Phi) is 7.28. The van der Waals surface area contributed by atoms with Crippen LogP contribution in [-0.2, 0) is 6.42 Å². The fourth-order valence-corrected chi connectivity index (χ4v) is 2.66. The lowest BCUT2D eigenvalue weighted by molar-refractivity contribution is 0.0991. The van der Waals surface area contributed by atoms with Gasteiger partial charge in [-0.15, -0.1) is 0 Å². The summed E-state index contributed by atoms with van der Waals surface area (Å²) in [6.45, 7) is 11.8. The fourth-order valence-electron chi connectivity index (χ4n) is 2.66. The van der Waals surface area contributed by atoms with E-state index in [4.69, 9.17) is 14.2 Å². The number of hydrogen-bond acceptors (Lipinski definition) is 4. The maximum atomic E-state index is 12.7. The van der Waals surface area contributed by atoms with Gasteiger partial charge in [-0.3, -0.25) is 4.79 Å². The van der Waals surface area contributed by atoms with Crippen molar-refractivity contribution in [1.82, 2.24) is 0 Å². The molecule has 2 aromatic rings. The Bertz CT molecular complexity index is 745. The van der Waals surface area contributed by atoms with Gasteiger partial charge in [0.1, 0.15) is 17.2 Å². The van der Waals surface area contributed by atoms with Crippen molar-refractivity contribution >= 4 is 5.78 Å². The molecule has 0 heterocycles. The number of hydrogen-bond donors (Lipinski definition) is 0. The summed E-state index contributed by atoms with van der Waals surface area (Å²) in [6, 6.07) is 12.9. The van der Waals surface area contributed by atoms with Gasteiger partial charge in [0.15, 0.2) is 5.78 Å². The number of carbonyl (C=O) groups excluding carboxylic acids is 1. The van der Waals surface area contributed by atoms with Crippen molar-refractivity contribution in [2.45, 2.75) is 66.3 Å². The highest BCUT2D eigenvalue weighted by atomic mass is 16.5. The largest absolute Gasteiger partial charge is 0.491 e. The predicted octanol–water partition coefficient (Wildman–Crippen LogP) is 5.47. The lowest BCUT2D eigenvalue weighted by atomic mass is 10.0. The molecule has 27 heavy (non-hydrogen) atoms. The summed E-state index contributed by atoms with van der Waals surface area (Å²) in [5, 5.41) is 0. The van der Waals surface area contributed by atoms with Crippen LogP contribution in [0.2, 0.25) is 0 Å². The Balaban J connectivity index is 2.17. The molecule has 0 radical (unpaired) electrons. The van der Waals surface area contributed by atoms with Crippen molar-refractivity contribution in [3.8, 4) is 17.2 Å². The minimum absolute atomic E-state index is 0.0145. The van der Waals surface area contributed by atoms with Gasteiger partial charge in [-0.1, -0.05) is 6.07 Å². The van der Waals surface area contributed by atoms with Gasteiger partial charge in [0, 0.05) is 23.6 Å². The topological polar surface area (TPSA) is 44.8 Å². The molecule has 0 aromatic heterocycles. The first-order valence-electron chi connectivity index (χ1n) is 9.50. The number of ketones is 1. The zero-order chi connectivity index (χ0) is 20.0. The van der Waals surface area contributed by atoms with Crippen LogP contribution in [-0.4, -0.2) is 24.1 Å². The van der Waals surface area contributed by atoms with Crippen LogP contribution in [0.1, 0.15) is 57.5 Å². The van der Waals surface area contributed by atoms with E-state index < -0.39 is 0 Å². The molecule has 0 bridgehead atoms. The third-order valence-electron chi connectivity index (χ3n) is 3.67. The highest BCUT2D eigenvalue weighted by molar-refractivity contribution is 5.97. The second-order valence-electron chi connectivity index (χ2n) is 7.39. The normalized spacial score (nSPS) is 11.1. The Morgan fingerprint density at radius 3 is 1.81 bits per heavy atom. The molecule has 0 atom stereocenters. The van der Waals surface area contributed by atoms with Crippen molar-refractivity contribution in [2.24, 2.45) is 0 Å². The molecule has 0 N–H and O–H groups in total. The Morgan fingerprint density at radius 1 is 0.741 bits per heavy atom. The molecule has 0 aliphatic rings. The van der Waals surface area contributed by atoms with Crippen LogP contribution in [0.4, 0.5) is 0 Å². The average molecular weight is 370 g/mol. The maximum Gasteiger partial charge on any atom is 0.167 e.